The summed E-state index contributed by atoms with van der Waals surface area (Å²) in [4.78, 5) is 2.44. The number of hydrogen-bond donors (Lipinski definition) is 0. The average Bonchev–Trinajstić information content (AvgIpc) is 3.44. The molecule has 324 valence electrons. The fourth-order valence-electron chi connectivity index (χ4n) is 10.2. The topological polar surface area (TPSA) is 3.24 Å². The first-order chi connectivity index (χ1) is 34.2. The molecule has 0 saturated heterocycles. The Morgan fingerprint density at radius 2 is 0.522 bits per heavy atom. The Balaban J connectivity index is 1.08. The lowest BCUT2D eigenvalue weighted by molar-refractivity contribution is 1.29. The van der Waals surface area contributed by atoms with Crippen LogP contribution in [-0.4, -0.2) is 0 Å². The number of anilines is 3. The van der Waals surface area contributed by atoms with Gasteiger partial charge < -0.3 is 4.90 Å². The van der Waals surface area contributed by atoms with Crippen LogP contribution in [0.3, 0.4) is 0 Å². The van der Waals surface area contributed by atoms with Crippen LogP contribution >= 0.6 is 0 Å². The van der Waals surface area contributed by atoms with E-state index in [2.05, 4.69) is 290 Å². The van der Waals surface area contributed by atoms with Crippen LogP contribution in [0.5, 0.6) is 0 Å². The maximum Gasteiger partial charge on any atom is 0.0468 e. The van der Waals surface area contributed by atoms with E-state index in [1.165, 1.54) is 93.9 Å². The van der Waals surface area contributed by atoms with Crippen molar-refractivity contribution < 1.29 is 0 Å². The van der Waals surface area contributed by atoms with Crippen LogP contribution < -0.4 is 4.90 Å². The summed E-state index contributed by atoms with van der Waals surface area (Å²) >= 11 is 0. The molecule has 0 amide bonds. The molecule has 0 saturated carbocycles. The summed E-state index contributed by atoms with van der Waals surface area (Å²) in [6, 6.07) is 104. The molecule has 0 unspecified atom stereocenters. The lowest BCUT2D eigenvalue weighted by atomic mass is 9.85. The maximum atomic E-state index is 2.44. The van der Waals surface area contributed by atoms with Gasteiger partial charge in [0.15, 0.2) is 0 Å². The quantitative estimate of drug-likeness (QED) is 0.124. The molecule has 0 fully saturated rings. The van der Waals surface area contributed by atoms with Gasteiger partial charge in [-0.05, 0) is 142 Å². The van der Waals surface area contributed by atoms with Crippen molar-refractivity contribution in [2.45, 2.75) is 0 Å². The third-order valence-electron chi connectivity index (χ3n) is 13.5. The fourth-order valence-corrected chi connectivity index (χ4v) is 10.2. The third kappa shape index (κ3) is 7.97. The Morgan fingerprint density at radius 1 is 0.174 bits per heavy atom. The van der Waals surface area contributed by atoms with E-state index in [1.54, 1.807) is 0 Å². The van der Waals surface area contributed by atoms with E-state index < -0.39 is 0 Å². The van der Waals surface area contributed by atoms with Gasteiger partial charge in [0.2, 0.25) is 0 Å². The summed E-state index contributed by atoms with van der Waals surface area (Å²) in [5.41, 5.74) is 20.0. The minimum absolute atomic E-state index is 1.07. The highest BCUT2D eigenvalue weighted by Gasteiger charge is 2.22. The molecule has 12 rings (SSSR count). The van der Waals surface area contributed by atoms with Gasteiger partial charge in [0.05, 0.1) is 0 Å². The molecule has 0 bridgehead atoms. The first kappa shape index (κ1) is 41.4. The first-order valence-corrected chi connectivity index (χ1v) is 23.7. The predicted molar refractivity (Wildman–Crippen MR) is 294 cm³/mol. The van der Waals surface area contributed by atoms with Crippen LogP contribution in [0.1, 0.15) is 0 Å². The molecule has 69 heavy (non-hydrogen) atoms. The van der Waals surface area contributed by atoms with E-state index in [4.69, 9.17) is 0 Å². The molecule has 12 aromatic carbocycles. The van der Waals surface area contributed by atoms with E-state index in [9.17, 15) is 0 Å². The van der Waals surface area contributed by atoms with Gasteiger partial charge in [-0.3, -0.25) is 0 Å². The Bertz CT molecular complexity index is 3720. The van der Waals surface area contributed by atoms with Gasteiger partial charge in [0, 0.05) is 17.1 Å². The zero-order valence-electron chi connectivity index (χ0n) is 38.1. The van der Waals surface area contributed by atoms with Crippen LogP contribution in [0.15, 0.2) is 285 Å². The molecule has 0 aliphatic carbocycles. The second-order valence-electron chi connectivity index (χ2n) is 17.6. The molecule has 1 nitrogen and oxygen atoms in total. The van der Waals surface area contributed by atoms with Crippen molar-refractivity contribution in [2.75, 3.05) is 4.90 Å². The molecule has 0 heterocycles. The van der Waals surface area contributed by atoms with Crippen LogP contribution in [-0.2, 0) is 0 Å². The number of fused-ring (bicyclic) bond motifs is 3. The third-order valence-corrected chi connectivity index (χ3v) is 13.5. The first-order valence-electron chi connectivity index (χ1n) is 23.7. The highest BCUT2D eigenvalue weighted by atomic mass is 15.1. The highest BCUT2D eigenvalue weighted by molar-refractivity contribution is 6.22. The smallest absolute Gasteiger partial charge is 0.0468 e. The molecular weight excluding hydrogens is 831 g/mol. The van der Waals surface area contributed by atoms with Gasteiger partial charge in [0.25, 0.3) is 0 Å². The Hall–Kier alpha value is -9.04. The molecule has 0 aliphatic heterocycles. The van der Waals surface area contributed by atoms with E-state index in [-0.39, 0.29) is 0 Å². The van der Waals surface area contributed by atoms with Gasteiger partial charge in [-0.1, -0.05) is 243 Å². The number of hydrogen-bond acceptors (Lipinski definition) is 1. The van der Waals surface area contributed by atoms with Crippen molar-refractivity contribution in [3.05, 3.63) is 285 Å². The van der Waals surface area contributed by atoms with Crippen molar-refractivity contribution in [1.82, 2.24) is 0 Å². The minimum Gasteiger partial charge on any atom is -0.310 e. The van der Waals surface area contributed by atoms with Gasteiger partial charge in [-0.25, -0.2) is 0 Å². The summed E-state index contributed by atoms with van der Waals surface area (Å²) in [6.07, 6.45) is 0. The van der Waals surface area contributed by atoms with E-state index in [0.29, 0.717) is 0 Å². The SMILES string of the molecule is c1ccc(-c2ccc(-c3ccc(N(c4ccc(-c5ccccc5)c(-c5ccccc5)c4)c4ccc5c(c4)c(-c4ccccc4)c(-c4ccccc4)c4ccccc45)cc3)cc2-c2ccccc2)cc1. The lowest BCUT2D eigenvalue weighted by Crippen LogP contribution is -2.10. The fraction of sp³-hybridized carbons (Fsp3) is 0. The van der Waals surface area contributed by atoms with Crippen molar-refractivity contribution in [2.24, 2.45) is 0 Å². The molecular formula is C68H47N. The zero-order valence-corrected chi connectivity index (χ0v) is 38.1. The van der Waals surface area contributed by atoms with E-state index >= 15 is 0 Å². The summed E-state index contributed by atoms with van der Waals surface area (Å²) in [5.74, 6) is 0. The molecule has 0 N–H and O–H groups in total. The van der Waals surface area contributed by atoms with Crippen LogP contribution in [0.4, 0.5) is 17.1 Å². The van der Waals surface area contributed by atoms with Crippen molar-refractivity contribution in [3.8, 4) is 77.9 Å². The zero-order chi connectivity index (χ0) is 45.9. The average molecular weight is 878 g/mol. The minimum atomic E-state index is 1.07. The van der Waals surface area contributed by atoms with Crippen molar-refractivity contribution in [3.63, 3.8) is 0 Å². The second kappa shape index (κ2) is 18.3. The summed E-state index contributed by atoms with van der Waals surface area (Å²) in [7, 11) is 0. The number of nitrogens with zero attached hydrogens (tertiary/aromatic N) is 1. The van der Waals surface area contributed by atoms with Gasteiger partial charge in [-0.15, -0.1) is 0 Å². The molecule has 12 aromatic rings. The predicted octanol–water partition coefficient (Wildman–Crippen LogP) is 19.1. The summed E-state index contributed by atoms with van der Waals surface area (Å²) < 4.78 is 0. The molecule has 0 aromatic heterocycles. The number of benzene rings is 12. The Labute approximate surface area is 404 Å². The van der Waals surface area contributed by atoms with Crippen LogP contribution in [0, 0.1) is 0 Å². The molecule has 1 heteroatoms. The van der Waals surface area contributed by atoms with Gasteiger partial charge >= 0.3 is 0 Å². The molecule has 0 spiro atoms. The molecule has 0 radical (unpaired) electrons. The van der Waals surface area contributed by atoms with Crippen molar-refractivity contribution >= 4 is 38.6 Å². The van der Waals surface area contributed by atoms with Gasteiger partial charge in [0.1, 0.15) is 0 Å². The summed E-state index contributed by atoms with van der Waals surface area (Å²) in [6.45, 7) is 0. The van der Waals surface area contributed by atoms with E-state index in [0.717, 1.165) is 22.6 Å². The lowest BCUT2D eigenvalue weighted by Gasteiger charge is -2.28. The Kier molecular flexibility index (Phi) is 11.0. The maximum absolute atomic E-state index is 2.44. The second-order valence-corrected chi connectivity index (χ2v) is 17.6. The standard InChI is InChI=1S/C68H47N/c1-7-21-49(22-8-1)59-42-37-55(45-64(59)51-25-11-3-12-26-51)48-35-38-56(39-36-48)69(57-40-43-60(50-23-9-2-10-24-50)65(46-57)52-27-13-4-14-28-52)58-41-44-62-61-33-19-20-34-63(61)67(53-29-15-5-16-30-53)68(66(62)47-58)54-31-17-6-18-32-54/h1-47H. The van der Waals surface area contributed by atoms with Crippen LogP contribution in [0.25, 0.3) is 99.4 Å². The normalized spacial score (nSPS) is 11.2. The van der Waals surface area contributed by atoms with E-state index in [1.807, 2.05) is 0 Å². The van der Waals surface area contributed by atoms with Crippen LogP contribution in [0.2, 0.25) is 0 Å². The van der Waals surface area contributed by atoms with Crippen molar-refractivity contribution in [1.29, 1.82) is 0 Å². The largest absolute Gasteiger partial charge is 0.310 e. The monoisotopic (exact) mass is 877 g/mol. The Morgan fingerprint density at radius 3 is 1.04 bits per heavy atom. The number of rotatable bonds is 10. The highest BCUT2D eigenvalue weighted by Crippen LogP contribution is 2.48. The van der Waals surface area contributed by atoms with Gasteiger partial charge in [-0.2, -0.15) is 0 Å². The molecule has 0 atom stereocenters. The molecule has 0 aliphatic rings. The summed E-state index contributed by atoms with van der Waals surface area (Å²) in [5, 5.41) is 4.90.